The molecule has 0 spiro atoms. The molecule has 1 saturated heterocycles. The van der Waals surface area contributed by atoms with Crippen molar-refractivity contribution in [2.24, 2.45) is 0 Å². The maximum Gasteiger partial charge on any atom is 0.234 e. The quantitative estimate of drug-likeness (QED) is 0.739. The summed E-state index contributed by atoms with van der Waals surface area (Å²) in [4.78, 5) is 3.23. The largest absolute Gasteiger partial charge is 0.497 e. The van der Waals surface area contributed by atoms with Gasteiger partial charge < -0.3 is 9.64 Å². The van der Waals surface area contributed by atoms with Crippen molar-refractivity contribution in [2.75, 3.05) is 27.2 Å². The number of fused-ring (bicyclic) bond motifs is 1. The van der Waals surface area contributed by atoms with E-state index in [9.17, 15) is 0 Å². The summed E-state index contributed by atoms with van der Waals surface area (Å²) >= 11 is 1.58. The first kappa shape index (κ1) is 14.6. The van der Waals surface area contributed by atoms with Gasteiger partial charge in [0.2, 0.25) is 4.96 Å². The van der Waals surface area contributed by atoms with Crippen molar-refractivity contribution in [1.29, 1.82) is 0 Å². The Bertz CT molecular complexity index is 802. The summed E-state index contributed by atoms with van der Waals surface area (Å²) in [6, 6.07) is 7.96. The summed E-state index contributed by atoms with van der Waals surface area (Å²) in [5.74, 6) is 2.31. The SMILES string of the molecule is COc1ccc(-c2nn3c(C4CCN(C)CC4)nnc3s2)cc1. The predicted molar refractivity (Wildman–Crippen MR) is 90.1 cm³/mol. The molecule has 0 unspecified atom stereocenters. The number of ether oxygens (including phenoxy) is 1. The van der Waals surface area contributed by atoms with Gasteiger partial charge in [0, 0.05) is 11.5 Å². The average Bonchev–Trinajstić information content (AvgIpc) is 3.16. The Hall–Kier alpha value is -1.99. The van der Waals surface area contributed by atoms with Gasteiger partial charge >= 0.3 is 0 Å². The fourth-order valence-electron chi connectivity index (χ4n) is 3.00. The molecule has 1 aliphatic rings. The van der Waals surface area contributed by atoms with Crippen LogP contribution in [0.4, 0.5) is 0 Å². The summed E-state index contributed by atoms with van der Waals surface area (Å²) in [5.41, 5.74) is 1.08. The summed E-state index contributed by atoms with van der Waals surface area (Å²) < 4.78 is 7.14. The number of methoxy groups -OCH3 is 1. The highest BCUT2D eigenvalue weighted by Gasteiger charge is 2.24. The topological polar surface area (TPSA) is 55.6 Å². The lowest BCUT2D eigenvalue weighted by Crippen LogP contribution is -2.30. The number of piperidine rings is 1. The van der Waals surface area contributed by atoms with Gasteiger partial charge in [0.05, 0.1) is 7.11 Å². The zero-order valence-electron chi connectivity index (χ0n) is 13.3. The Morgan fingerprint density at radius 3 is 2.57 bits per heavy atom. The molecule has 0 N–H and O–H groups in total. The van der Waals surface area contributed by atoms with Crippen molar-refractivity contribution in [3.8, 4) is 16.3 Å². The van der Waals surface area contributed by atoms with Gasteiger partial charge in [-0.1, -0.05) is 11.3 Å². The first-order valence-corrected chi connectivity index (χ1v) is 8.61. The number of rotatable bonds is 3. The third kappa shape index (κ3) is 2.70. The Kier molecular flexibility index (Phi) is 3.74. The van der Waals surface area contributed by atoms with Gasteiger partial charge in [-0.05, 0) is 57.2 Å². The second kappa shape index (κ2) is 5.90. The number of nitrogens with zero attached hydrogens (tertiary/aromatic N) is 5. The van der Waals surface area contributed by atoms with E-state index in [1.54, 1.807) is 18.4 Å². The summed E-state index contributed by atoms with van der Waals surface area (Å²) in [6.45, 7) is 2.21. The van der Waals surface area contributed by atoms with E-state index in [4.69, 9.17) is 9.84 Å². The second-order valence-corrected chi connectivity index (χ2v) is 6.92. The molecular weight excluding hydrogens is 310 g/mol. The molecule has 6 nitrogen and oxygen atoms in total. The first-order chi connectivity index (χ1) is 11.2. The molecule has 0 bridgehead atoms. The van der Waals surface area contributed by atoms with Crippen LogP contribution in [0, 0.1) is 0 Å². The zero-order valence-corrected chi connectivity index (χ0v) is 14.1. The van der Waals surface area contributed by atoms with Crippen LogP contribution in [0.5, 0.6) is 5.75 Å². The highest BCUT2D eigenvalue weighted by Crippen LogP contribution is 2.31. The number of hydrogen-bond donors (Lipinski definition) is 0. The smallest absolute Gasteiger partial charge is 0.234 e. The lowest BCUT2D eigenvalue weighted by atomic mass is 9.96. The van der Waals surface area contributed by atoms with Crippen LogP contribution in [0.15, 0.2) is 24.3 Å². The van der Waals surface area contributed by atoms with Gasteiger partial charge in [-0.25, -0.2) is 0 Å². The normalized spacial score (nSPS) is 17.0. The Balaban J connectivity index is 1.65. The lowest BCUT2D eigenvalue weighted by Gasteiger charge is -2.27. The molecule has 7 heteroatoms. The van der Waals surface area contributed by atoms with Crippen LogP contribution >= 0.6 is 11.3 Å². The molecule has 1 fully saturated rings. The Morgan fingerprint density at radius 2 is 1.87 bits per heavy atom. The number of benzene rings is 1. The van der Waals surface area contributed by atoms with E-state index in [0.717, 1.165) is 53.0 Å². The van der Waals surface area contributed by atoms with Crippen LogP contribution in [-0.4, -0.2) is 52.0 Å². The van der Waals surface area contributed by atoms with E-state index in [-0.39, 0.29) is 0 Å². The number of aromatic nitrogens is 4. The molecule has 0 radical (unpaired) electrons. The van der Waals surface area contributed by atoms with Crippen LogP contribution < -0.4 is 4.74 Å². The van der Waals surface area contributed by atoms with Crippen LogP contribution in [0.3, 0.4) is 0 Å². The minimum Gasteiger partial charge on any atom is -0.497 e. The van der Waals surface area contributed by atoms with Crippen LogP contribution in [0.25, 0.3) is 15.5 Å². The summed E-state index contributed by atoms with van der Waals surface area (Å²) in [7, 11) is 3.84. The molecule has 4 rings (SSSR count). The van der Waals surface area contributed by atoms with Gasteiger partial charge in [0.15, 0.2) is 5.82 Å². The molecule has 0 amide bonds. The molecule has 0 saturated carbocycles. The molecule has 2 aromatic heterocycles. The molecular formula is C16H19N5OS. The van der Waals surface area contributed by atoms with Crippen molar-refractivity contribution in [2.45, 2.75) is 18.8 Å². The maximum absolute atomic E-state index is 5.21. The molecule has 120 valence electrons. The van der Waals surface area contributed by atoms with E-state index in [0.29, 0.717) is 5.92 Å². The van der Waals surface area contributed by atoms with Gasteiger partial charge in [0.25, 0.3) is 0 Å². The standard InChI is InChI=1S/C16H19N5OS/c1-20-9-7-11(8-10-20)14-17-18-16-21(14)19-15(23-16)12-3-5-13(22-2)6-4-12/h3-6,11H,7-10H2,1-2H3. The molecule has 3 aromatic rings. The zero-order chi connectivity index (χ0) is 15.8. The van der Waals surface area contributed by atoms with E-state index < -0.39 is 0 Å². The minimum atomic E-state index is 0.451. The van der Waals surface area contributed by atoms with Crippen molar-refractivity contribution in [3.63, 3.8) is 0 Å². The van der Waals surface area contributed by atoms with E-state index >= 15 is 0 Å². The van der Waals surface area contributed by atoms with Crippen LogP contribution in [-0.2, 0) is 0 Å². The predicted octanol–water partition coefficient (Wildman–Crippen LogP) is 2.67. The van der Waals surface area contributed by atoms with E-state index in [1.807, 2.05) is 28.8 Å². The van der Waals surface area contributed by atoms with Gasteiger partial charge in [0.1, 0.15) is 10.8 Å². The highest BCUT2D eigenvalue weighted by molar-refractivity contribution is 7.19. The van der Waals surface area contributed by atoms with Crippen LogP contribution in [0.2, 0.25) is 0 Å². The summed E-state index contributed by atoms with van der Waals surface area (Å²) in [5, 5.41) is 14.4. The fourth-order valence-corrected chi connectivity index (χ4v) is 3.86. The van der Waals surface area contributed by atoms with E-state index in [2.05, 4.69) is 22.1 Å². The second-order valence-electron chi connectivity index (χ2n) is 5.97. The Labute approximate surface area is 138 Å². The van der Waals surface area contributed by atoms with Gasteiger partial charge in [-0.2, -0.15) is 9.61 Å². The van der Waals surface area contributed by atoms with Gasteiger partial charge in [-0.3, -0.25) is 0 Å². The fraction of sp³-hybridized carbons (Fsp3) is 0.438. The molecule has 23 heavy (non-hydrogen) atoms. The van der Waals surface area contributed by atoms with Crippen molar-refractivity contribution in [1.82, 2.24) is 24.7 Å². The average molecular weight is 329 g/mol. The Morgan fingerprint density at radius 1 is 1.13 bits per heavy atom. The maximum atomic E-state index is 5.21. The number of hydrogen-bond acceptors (Lipinski definition) is 6. The first-order valence-electron chi connectivity index (χ1n) is 7.79. The third-order valence-electron chi connectivity index (χ3n) is 4.44. The van der Waals surface area contributed by atoms with Crippen molar-refractivity contribution in [3.05, 3.63) is 30.1 Å². The molecule has 0 atom stereocenters. The monoisotopic (exact) mass is 329 g/mol. The molecule has 3 heterocycles. The van der Waals surface area contributed by atoms with Gasteiger partial charge in [-0.15, -0.1) is 10.2 Å². The number of likely N-dealkylation sites (tertiary alicyclic amines) is 1. The highest BCUT2D eigenvalue weighted by atomic mass is 32.1. The minimum absolute atomic E-state index is 0.451. The summed E-state index contributed by atoms with van der Waals surface area (Å²) in [6.07, 6.45) is 2.24. The molecule has 1 aromatic carbocycles. The molecule has 1 aliphatic heterocycles. The lowest BCUT2D eigenvalue weighted by molar-refractivity contribution is 0.250. The van der Waals surface area contributed by atoms with Crippen molar-refractivity contribution >= 4 is 16.3 Å². The van der Waals surface area contributed by atoms with Crippen molar-refractivity contribution < 1.29 is 4.74 Å². The van der Waals surface area contributed by atoms with Crippen LogP contribution in [0.1, 0.15) is 24.6 Å². The molecule has 0 aliphatic carbocycles. The van der Waals surface area contributed by atoms with E-state index in [1.165, 1.54) is 0 Å². The third-order valence-corrected chi connectivity index (χ3v) is 5.38.